The number of nitrogens with zero attached hydrogens (tertiary/aromatic N) is 1. The zero-order chi connectivity index (χ0) is 19.4. The van der Waals surface area contributed by atoms with Crippen LogP contribution in [-0.4, -0.2) is 44.5 Å². The molecule has 0 bridgehead atoms. The summed E-state index contributed by atoms with van der Waals surface area (Å²) in [5.74, 6) is 0.353. The minimum absolute atomic E-state index is 0.00656. The number of amides is 1. The van der Waals surface area contributed by atoms with Crippen molar-refractivity contribution >= 4 is 18.1 Å². The topological polar surface area (TPSA) is 106 Å². The van der Waals surface area contributed by atoms with E-state index in [0.717, 1.165) is 19.3 Å². The van der Waals surface area contributed by atoms with E-state index in [1.807, 2.05) is 0 Å². The number of unbranched alkanes of at least 4 members (excludes halogenated alkanes) is 3. The average Bonchev–Trinajstić information content (AvgIpc) is 2.64. The molecule has 0 aliphatic carbocycles. The Labute approximate surface area is 153 Å². The first-order chi connectivity index (χ1) is 12.5. The highest BCUT2D eigenvalue weighted by molar-refractivity contribution is 5.89. The molecule has 0 heterocycles. The maximum absolute atomic E-state index is 11.8. The molecule has 26 heavy (non-hydrogen) atoms. The molecule has 0 fully saturated rings. The van der Waals surface area contributed by atoms with Crippen LogP contribution in [-0.2, 0) is 14.3 Å². The molecule has 0 saturated heterocycles. The SMILES string of the molecule is COC(=O)CCCCCCC(=O)NN=Cc1c(OC)cc(O)cc1OC. The average molecular weight is 366 g/mol. The third-order valence-electron chi connectivity index (χ3n) is 3.67. The highest BCUT2D eigenvalue weighted by atomic mass is 16.5. The number of phenols is 1. The van der Waals surface area contributed by atoms with Crippen LogP contribution in [0.1, 0.15) is 44.1 Å². The molecule has 8 heteroatoms. The van der Waals surface area contributed by atoms with Gasteiger partial charge in [-0.3, -0.25) is 9.59 Å². The number of ether oxygens (including phenoxy) is 3. The van der Waals surface area contributed by atoms with Crippen molar-refractivity contribution in [3.05, 3.63) is 17.7 Å². The highest BCUT2D eigenvalue weighted by Gasteiger charge is 2.10. The second kappa shape index (κ2) is 11.7. The normalized spacial score (nSPS) is 10.6. The summed E-state index contributed by atoms with van der Waals surface area (Å²) in [5, 5.41) is 13.5. The number of hydrogen-bond donors (Lipinski definition) is 2. The van der Waals surface area contributed by atoms with Gasteiger partial charge in [-0.25, -0.2) is 5.43 Å². The third kappa shape index (κ3) is 7.42. The Hall–Kier alpha value is -2.77. The van der Waals surface area contributed by atoms with E-state index in [9.17, 15) is 14.7 Å². The van der Waals surface area contributed by atoms with Crippen molar-refractivity contribution in [2.75, 3.05) is 21.3 Å². The minimum atomic E-state index is -0.211. The quantitative estimate of drug-likeness (QED) is 0.269. The molecule has 0 radical (unpaired) electrons. The maximum atomic E-state index is 11.8. The first-order valence-electron chi connectivity index (χ1n) is 8.35. The summed E-state index contributed by atoms with van der Waals surface area (Å²) in [4.78, 5) is 22.7. The summed E-state index contributed by atoms with van der Waals surface area (Å²) in [5.41, 5.74) is 2.96. The van der Waals surface area contributed by atoms with Gasteiger partial charge in [0.2, 0.25) is 5.91 Å². The van der Waals surface area contributed by atoms with Crippen molar-refractivity contribution in [1.82, 2.24) is 5.43 Å². The maximum Gasteiger partial charge on any atom is 0.305 e. The number of rotatable bonds is 11. The van der Waals surface area contributed by atoms with E-state index >= 15 is 0 Å². The predicted octanol–water partition coefficient (Wildman–Crippen LogP) is 2.37. The molecule has 1 aromatic carbocycles. The van der Waals surface area contributed by atoms with Gasteiger partial charge in [0.05, 0.1) is 33.1 Å². The van der Waals surface area contributed by atoms with Crippen molar-refractivity contribution < 1.29 is 28.9 Å². The molecule has 0 aromatic heterocycles. The Morgan fingerprint density at radius 3 is 2.15 bits per heavy atom. The fourth-order valence-corrected chi connectivity index (χ4v) is 2.29. The van der Waals surface area contributed by atoms with Gasteiger partial charge in [-0.05, 0) is 12.8 Å². The summed E-state index contributed by atoms with van der Waals surface area (Å²) in [7, 11) is 4.30. The zero-order valence-corrected chi connectivity index (χ0v) is 15.4. The standard InChI is InChI=1S/C18H26N2O6/c1-24-15-10-13(21)11-16(25-2)14(15)12-19-20-17(22)8-6-4-5-7-9-18(23)26-3/h10-12,21H,4-9H2,1-3H3,(H,20,22). The number of phenolic OH excluding ortho intramolecular Hbond substituents is 1. The lowest BCUT2D eigenvalue weighted by Gasteiger charge is -2.10. The Balaban J connectivity index is 2.40. The molecule has 2 N–H and O–H groups in total. The van der Waals surface area contributed by atoms with Crippen molar-refractivity contribution in [2.24, 2.45) is 5.10 Å². The van der Waals surface area contributed by atoms with Crippen LogP contribution in [0.3, 0.4) is 0 Å². The number of esters is 1. The van der Waals surface area contributed by atoms with Crippen molar-refractivity contribution in [3.63, 3.8) is 0 Å². The van der Waals surface area contributed by atoms with Crippen LogP contribution in [0.2, 0.25) is 0 Å². The Kier molecular flexibility index (Phi) is 9.59. The van der Waals surface area contributed by atoms with Gasteiger partial charge in [0, 0.05) is 25.0 Å². The van der Waals surface area contributed by atoms with Gasteiger partial charge in [-0.15, -0.1) is 0 Å². The lowest BCUT2D eigenvalue weighted by atomic mass is 10.1. The summed E-state index contributed by atoms with van der Waals surface area (Å²) in [6.45, 7) is 0. The first kappa shape index (κ1) is 21.3. The molecule has 144 valence electrons. The Morgan fingerprint density at radius 1 is 1.04 bits per heavy atom. The van der Waals surface area contributed by atoms with E-state index in [-0.39, 0.29) is 17.6 Å². The van der Waals surface area contributed by atoms with E-state index in [1.165, 1.54) is 39.7 Å². The smallest absolute Gasteiger partial charge is 0.305 e. The molecule has 0 atom stereocenters. The Morgan fingerprint density at radius 2 is 1.62 bits per heavy atom. The second-order valence-corrected chi connectivity index (χ2v) is 5.55. The lowest BCUT2D eigenvalue weighted by Crippen LogP contribution is -2.17. The summed E-state index contributed by atoms with van der Waals surface area (Å²) in [6.07, 6.45) is 5.36. The molecule has 0 spiro atoms. The Bertz CT molecular complexity index is 605. The molecule has 1 aromatic rings. The van der Waals surface area contributed by atoms with Gasteiger partial charge >= 0.3 is 5.97 Å². The van der Waals surface area contributed by atoms with Crippen LogP contribution in [0, 0.1) is 0 Å². The number of methoxy groups -OCH3 is 3. The highest BCUT2D eigenvalue weighted by Crippen LogP contribution is 2.31. The van der Waals surface area contributed by atoms with Crippen LogP contribution in [0.4, 0.5) is 0 Å². The minimum Gasteiger partial charge on any atom is -0.508 e. The zero-order valence-electron chi connectivity index (χ0n) is 15.4. The van der Waals surface area contributed by atoms with Crippen LogP contribution < -0.4 is 14.9 Å². The van der Waals surface area contributed by atoms with E-state index in [0.29, 0.717) is 36.3 Å². The van der Waals surface area contributed by atoms with Crippen LogP contribution in [0.15, 0.2) is 17.2 Å². The van der Waals surface area contributed by atoms with Gasteiger partial charge in [-0.1, -0.05) is 12.8 Å². The molecule has 0 unspecified atom stereocenters. The van der Waals surface area contributed by atoms with Crippen molar-refractivity contribution in [3.8, 4) is 17.2 Å². The van der Waals surface area contributed by atoms with Gasteiger partial charge in [-0.2, -0.15) is 5.10 Å². The van der Waals surface area contributed by atoms with Gasteiger partial charge < -0.3 is 19.3 Å². The summed E-state index contributed by atoms with van der Waals surface area (Å²) in [6, 6.07) is 2.86. The number of hydrazone groups is 1. The van der Waals surface area contributed by atoms with Crippen LogP contribution in [0.25, 0.3) is 0 Å². The number of carbonyl (C=O) groups is 2. The van der Waals surface area contributed by atoms with E-state index < -0.39 is 0 Å². The fraction of sp³-hybridized carbons (Fsp3) is 0.500. The molecule has 0 aliphatic rings. The third-order valence-corrected chi connectivity index (χ3v) is 3.67. The van der Waals surface area contributed by atoms with E-state index in [4.69, 9.17) is 9.47 Å². The molecule has 0 aliphatic heterocycles. The molecule has 8 nitrogen and oxygen atoms in total. The molecular weight excluding hydrogens is 340 g/mol. The van der Waals surface area contributed by atoms with Crippen molar-refractivity contribution in [1.29, 1.82) is 0 Å². The van der Waals surface area contributed by atoms with Gasteiger partial charge in [0.25, 0.3) is 0 Å². The van der Waals surface area contributed by atoms with E-state index in [2.05, 4.69) is 15.3 Å². The van der Waals surface area contributed by atoms with Gasteiger partial charge in [0.1, 0.15) is 17.2 Å². The van der Waals surface area contributed by atoms with E-state index in [1.54, 1.807) is 0 Å². The molecule has 0 saturated carbocycles. The van der Waals surface area contributed by atoms with Crippen LogP contribution in [0.5, 0.6) is 17.2 Å². The number of hydrogen-bond acceptors (Lipinski definition) is 7. The summed E-state index contributed by atoms with van der Waals surface area (Å²) < 4.78 is 14.9. The molecular formula is C18H26N2O6. The van der Waals surface area contributed by atoms with Crippen LogP contribution >= 0.6 is 0 Å². The van der Waals surface area contributed by atoms with Crippen molar-refractivity contribution in [2.45, 2.75) is 38.5 Å². The number of aromatic hydroxyl groups is 1. The largest absolute Gasteiger partial charge is 0.508 e. The number of carbonyl (C=O) groups excluding carboxylic acids is 2. The lowest BCUT2D eigenvalue weighted by molar-refractivity contribution is -0.140. The summed E-state index contributed by atoms with van der Waals surface area (Å²) >= 11 is 0. The van der Waals surface area contributed by atoms with Gasteiger partial charge in [0.15, 0.2) is 0 Å². The predicted molar refractivity (Wildman–Crippen MR) is 96.7 cm³/mol. The fourth-order valence-electron chi connectivity index (χ4n) is 2.29. The second-order valence-electron chi connectivity index (χ2n) is 5.55. The number of nitrogens with one attached hydrogen (secondary N) is 1. The monoisotopic (exact) mass is 366 g/mol. The molecule has 1 amide bonds. The first-order valence-corrected chi connectivity index (χ1v) is 8.35. The number of benzene rings is 1. The molecule has 1 rings (SSSR count).